The van der Waals surface area contributed by atoms with Gasteiger partial charge in [0.15, 0.2) is 0 Å². The molecule has 0 saturated carbocycles. The van der Waals surface area contributed by atoms with Crippen molar-refractivity contribution in [2.75, 3.05) is 0 Å². The number of carboxylic acid groups (broad SMARTS) is 2. The molecule has 0 aromatic heterocycles. The van der Waals surface area contributed by atoms with Crippen molar-refractivity contribution in [2.24, 2.45) is 0 Å². The van der Waals surface area contributed by atoms with Crippen LogP contribution in [0.4, 0.5) is 4.79 Å². The number of rotatable bonds is 0. The molecule has 0 heterocycles. The fourth-order valence-corrected chi connectivity index (χ4v) is 0. The Labute approximate surface area is 73.2 Å². The molecule has 0 aromatic rings. The third-order valence-corrected chi connectivity index (χ3v) is 0. The van der Waals surface area contributed by atoms with Gasteiger partial charge >= 0.3 is 52.6 Å². The average Bonchev–Trinajstić information content (AvgIpc) is 0.811. The van der Waals surface area contributed by atoms with E-state index < -0.39 is 6.16 Å². The third-order valence-electron chi connectivity index (χ3n) is 0. The molecule has 0 aliphatic heterocycles. The van der Waals surface area contributed by atoms with Crippen LogP contribution in [0.5, 0.6) is 0 Å². The monoisotopic (exact) mass is 108 g/mol. The van der Waals surface area contributed by atoms with Crippen molar-refractivity contribution >= 4 is 58.8 Å². The first kappa shape index (κ1) is 15.7. The van der Waals surface area contributed by atoms with Crippen LogP contribution in [-0.2, 0) is 0 Å². The second-order valence-corrected chi connectivity index (χ2v) is 0.250. The van der Waals surface area contributed by atoms with E-state index in [1.54, 1.807) is 0 Å². The molecule has 5 heteroatoms. The Hall–Kier alpha value is 1.04. The third kappa shape index (κ3) is 76.4. The van der Waals surface area contributed by atoms with Crippen LogP contribution < -0.4 is 10.2 Å². The molecule has 26 valence electrons. The second kappa shape index (κ2) is 9.40. The van der Waals surface area contributed by atoms with E-state index in [-0.39, 0.29) is 52.6 Å². The summed E-state index contributed by atoms with van der Waals surface area (Å²) in [5, 5.41) is 16.7. The van der Waals surface area contributed by atoms with E-state index in [0.29, 0.717) is 0 Å². The normalized spacial score (nSPS) is 4.00. The van der Waals surface area contributed by atoms with Gasteiger partial charge in [0, 0.05) is 0 Å². The molecule has 0 unspecified atom stereocenters. The van der Waals surface area contributed by atoms with E-state index in [9.17, 15) is 0 Å². The fraction of sp³-hybridized carbons (Fsp3) is 0. The number of hydrogen-bond donors (Lipinski definition) is 0. The summed E-state index contributed by atoms with van der Waals surface area (Å²) < 4.78 is 0. The van der Waals surface area contributed by atoms with Crippen molar-refractivity contribution < 1.29 is 15.0 Å². The molecular weight excluding hydrogens is 107 g/mol. The molecule has 0 aliphatic rings. The zero-order valence-electron chi connectivity index (χ0n) is 2.43. The van der Waals surface area contributed by atoms with Gasteiger partial charge in [0.05, 0.1) is 0 Å². The zero-order valence-corrected chi connectivity index (χ0v) is 3.85. The topological polar surface area (TPSA) is 63.2 Å². The first-order valence-electron chi connectivity index (χ1n) is 0.612. The van der Waals surface area contributed by atoms with Crippen LogP contribution in [0.1, 0.15) is 0 Å². The van der Waals surface area contributed by atoms with Gasteiger partial charge in [-0.2, -0.15) is 0 Å². The van der Waals surface area contributed by atoms with Crippen molar-refractivity contribution in [3.8, 4) is 0 Å². The summed E-state index contributed by atoms with van der Waals surface area (Å²) in [6.07, 6.45) is -2.33. The van der Waals surface area contributed by atoms with Crippen molar-refractivity contribution in [3.63, 3.8) is 0 Å². The molecule has 0 spiro atoms. The van der Waals surface area contributed by atoms with Gasteiger partial charge in [0.2, 0.25) is 0 Å². The van der Waals surface area contributed by atoms with Gasteiger partial charge < -0.3 is 15.0 Å². The van der Waals surface area contributed by atoms with Crippen molar-refractivity contribution in [2.45, 2.75) is 0 Å². The van der Waals surface area contributed by atoms with E-state index >= 15 is 0 Å². The molecular formula is CHMgNaO3. The van der Waals surface area contributed by atoms with E-state index in [1.165, 1.54) is 0 Å². The number of hydrogen-bond acceptors (Lipinski definition) is 3. The van der Waals surface area contributed by atoms with Gasteiger partial charge in [-0.3, -0.25) is 0 Å². The molecule has 0 rings (SSSR count). The van der Waals surface area contributed by atoms with E-state index in [0.717, 1.165) is 0 Å². The number of carbonyl (C=O) groups is 1. The molecule has 0 N–H and O–H groups in total. The minimum atomic E-state index is -2.33. The summed E-state index contributed by atoms with van der Waals surface area (Å²) in [7, 11) is 0. The summed E-state index contributed by atoms with van der Waals surface area (Å²) >= 11 is 0. The van der Waals surface area contributed by atoms with E-state index in [1.807, 2.05) is 0 Å². The molecule has 0 bridgehead atoms. The van der Waals surface area contributed by atoms with Gasteiger partial charge in [-0.25, -0.2) is 0 Å². The van der Waals surface area contributed by atoms with Gasteiger partial charge in [0.1, 0.15) is 0 Å². The predicted octanol–water partition coefficient (Wildman–Crippen LogP) is -3.48. The predicted molar refractivity (Wildman–Crippen MR) is 18.3 cm³/mol. The van der Waals surface area contributed by atoms with Crippen LogP contribution >= 0.6 is 0 Å². The Morgan fingerprint density at radius 2 is 1.33 bits per heavy atom. The van der Waals surface area contributed by atoms with Gasteiger partial charge in [0.25, 0.3) is 0 Å². The zero-order chi connectivity index (χ0) is 3.58. The summed E-state index contributed by atoms with van der Waals surface area (Å²) in [5.74, 6) is 0. The standard InChI is InChI=1S/CH2O3.Mg.Na.H/c2-1(3)4;;;/h(H2,2,3,4);;;/q;+2;;/p-2. The molecule has 0 aliphatic carbocycles. The summed E-state index contributed by atoms with van der Waals surface area (Å²) in [6.45, 7) is 0. The number of carbonyl (C=O) groups excluding carboxylic acids is 1. The maximum absolute atomic E-state index is 8.33. The minimum absolute atomic E-state index is 0. The molecule has 0 radical (unpaired) electrons. The molecule has 0 atom stereocenters. The van der Waals surface area contributed by atoms with Crippen molar-refractivity contribution in [1.29, 1.82) is 0 Å². The summed E-state index contributed by atoms with van der Waals surface area (Å²) in [6, 6.07) is 0. The summed E-state index contributed by atoms with van der Waals surface area (Å²) in [4.78, 5) is 8.33. The van der Waals surface area contributed by atoms with Crippen LogP contribution in [0.25, 0.3) is 0 Å². The van der Waals surface area contributed by atoms with Crippen LogP contribution in [0.2, 0.25) is 0 Å². The first-order valence-corrected chi connectivity index (χ1v) is 0.612. The van der Waals surface area contributed by atoms with Crippen LogP contribution in [0.15, 0.2) is 0 Å². The Bertz CT molecular complexity index is 33.8. The molecule has 0 amide bonds. The molecule has 0 saturated heterocycles. The fourth-order valence-electron chi connectivity index (χ4n) is 0. The maximum atomic E-state index is 8.33. The summed E-state index contributed by atoms with van der Waals surface area (Å²) in [5.41, 5.74) is 0. The Balaban J connectivity index is -0.0000000450. The van der Waals surface area contributed by atoms with Crippen LogP contribution in [0.3, 0.4) is 0 Å². The first-order chi connectivity index (χ1) is 1.73. The second-order valence-electron chi connectivity index (χ2n) is 0.250. The molecule has 0 fully saturated rings. The van der Waals surface area contributed by atoms with Crippen LogP contribution in [0, 0.1) is 0 Å². The van der Waals surface area contributed by atoms with Gasteiger partial charge in [-0.1, -0.05) is 0 Å². The Morgan fingerprint density at radius 3 is 1.33 bits per heavy atom. The van der Waals surface area contributed by atoms with Gasteiger partial charge in [-0.05, 0) is 6.16 Å². The Morgan fingerprint density at radius 1 is 1.33 bits per heavy atom. The average molecular weight is 108 g/mol. The quantitative estimate of drug-likeness (QED) is 0.303. The van der Waals surface area contributed by atoms with Gasteiger partial charge in [-0.15, -0.1) is 0 Å². The van der Waals surface area contributed by atoms with Crippen LogP contribution in [-0.4, -0.2) is 58.8 Å². The van der Waals surface area contributed by atoms with E-state index in [2.05, 4.69) is 0 Å². The SMILES string of the molecule is O=C([O-])[O-].[Mg+2].[NaH]. The molecule has 0 aromatic carbocycles. The molecule has 3 nitrogen and oxygen atoms in total. The Kier molecular flexibility index (Phi) is 24.6. The van der Waals surface area contributed by atoms with Crippen molar-refractivity contribution in [3.05, 3.63) is 0 Å². The molecule has 6 heavy (non-hydrogen) atoms. The van der Waals surface area contributed by atoms with E-state index in [4.69, 9.17) is 15.0 Å². The van der Waals surface area contributed by atoms with Crippen molar-refractivity contribution in [1.82, 2.24) is 0 Å².